The first kappa shape index (κ1) is 38.2. The molecule has 1 aliphatic carbocycles. The number of nitroso groups, excluding NO2 is 1. The molecule has 0 spiro atoms. The van der Waals surface area contributed by atoms with Gasteiger partial charge in [-0.15, -0.1) is 0 Å². The smallest absolute Gasteiger partial charge is 0.407 e. The summed E-state index contributed by atoms with van der Waals surface area (Å²) >= 11 is 0. The maximum absolute atomic E-state index is 12.9. The predicted molar refractivity (Wildman–Crippen MR) is 159 cm³/mol. The fourth-order valence-electron chi connectivity index (χ4n) is 4.50. The van der Waals surface area contributed by atoms with Crippen molar-refractivity contribution in [3.05, 3.63) is 44.9 Å². The van der Waals surface area contributed by atoms with Crippen LogP contribution in [-0.2, 0) is 30.3 Å². The van der Waals surface area contributed by atoms with Crippen molar-refractivity contribution in [1.82, 2.24) is 16.0 Å². The molecular weight excluding hydrogens is 614 g/mol. The maximum atomic E-state index is 12.9. The van der Waals surface area contributed by atoms with E-state index < -0.39 is 78.0 Å². The number of hydrogen-bond acceptors (Lipinski definition) is 14. The number of alkyl carbamates (subject to hydrolysis) is 2. The number of aliphatic hydroxyl groups excluding tert-OH is 3. The molecule has 1 saturated carbocycles. The van der Waals surface area contributed by atoms with Crippen LogP contribution in [-0.4, -0.2) is 106 Å². The maximum Gasteiger partial charge on any atom is 0.407 e. The molecule has 46 heavy (non-hydrogen) atoms. The standard InChI is InChI=1S/C28H43N5O13/c1-5-20(35)25(43-13-12-34)45-24-19(30-21(36)10-11-29-26(38)46-28(2,3)4)14-18(22(32-40)23(24)37)31-27(39)44-15-16-6-8-17(9-7-16)33(41)42/h6-9,18-20,22-25,34-35,37H,5,10-15H2,1-4H3,(H,29,38)(H,30,36)(H,31,39)/t18-,19+,20+,22+,23-,24-,25+/m0/s1. The van der Waals surface area contributed by atoms with Gasteiger partial charge in [0.2, 0.25) is 5.91 Å². The highest BCUT2D eigenvalue weighted by molar-refractivity contribution is 5.77. The molecule has 1 aromatic rings. The number of ether oxygens (including phenoxy) is 4. The van der Waals surface area contributed by atoms with E-state index in [2.05, 4.69) is 21.1 Å². The van der Waals surface area contributed by atoms with Crippen LogP contribution in [0.5, 0.6) is 0 Å². The van der Waals surface area contributed by atoms with Gasteiger partial charge in [0.15, 0.2) is 6.29 Å². The Labute approximate surface area is 265 Å². The van der Waals surface area contributed by atoms with E-state index in [0.29, 0.717) is 5.56 Å². The van der Waals surface area contributed by atoms with Crippen LogP contribution in [0.1, 0.15) is 52.5 Å². The van der Waals surface area contributed by atoms with E-state index >= 15 is 0 Å². The third-order valence-electron chi connectivity index (χ3n) is 6.71. The molecule has 6 N–H and O–H groups in total. The van der Waals surface area contributed by atoms with Crippen molar-refractivity contribution < 1.29 is 53.6 Å². The Morgan fingerprint density at radius 1 is 1.13 bits per heavy atom. The number of rotatable bonds is 16. The van der Waals surface area contributed by atoms with Crippen molar-refractivity contribution >= 4 is 23.8 Å². The van der Waals surface area contributed by atoms with Gasteiger partial charge in [0, 0.05) is 25.1 Å². The minimum absolute atomic E-state index is 0.104. The van der Waals surface area contributed by atoms with Crippen LogP contribution >= 0.6 is 0 Å². The number of amides is 3. The molecule has 0 saturated heterocycles. The molecule has 0 aliphatic heterocycles. The van der Waals surface area contributed by atoms with Crippen LogP contribution in [0.4, 0.5) is 15.3 Å². The van der Waals surface area contributed by atoms with Crippen molar-refractivity contribution in [2.75, 3.05) is 19.8 Å². The summed E-state index contributed by atoms with van der Waals surface area (Å²) in [6.45, 7) is 5.67. The first-order valence-corrected chi connectivity index (χ1v) is 14.7. The molecule has 1 aliphatic rings. The zero-order valence-corrected chi connectivity index (χ0v) is 26.1. The lowest BCUT2D eigenvalue weighted by atomic mass is 9.82. The SMILES string of the molecule is CC[C@@H](O)[C@H](OCCO)O[C@@H]1[C@@H](O)[C@H](N=O)[C@@H](NC(=O)OCc2ccc([N+](=O)[O-])cc2)C[C@H]1NC(=O)CCNC(=O)OC(C)(C)C. The second-order valence-electron chi connectivity index (χ2n) is 11.5. The first-order chi connectivity index (χ1) is 21.7. The number of carbonyl (C=O) groups is 3. The van der Waals surface area contributed by atoms with Gasteiger partial charge in [0.1, 0.15) is 36.6 Å². The van der Waals surface area contributed by atoms with E-state index in [9.17, 15) is 44.7 Å². The molecule has 1 aromatic carbocycles. The molecule has 2 rings (SSSR count). The summed E-state index contributed by atoms with van der Waals surface area (Å²) in [7, 11) is 0. The largest absolute Gasteiger partial charge is 0.445 e. The van der Waals surface area contributed by atoms with Crippen molar-refractivity contribution in [2.45, 2.75) is 102 Å². The molecular formula is C28H43N5O13. The minimum Gasteiger partial charge on any atom is -0.445 e. The van der Waals surface area contributed by atoms with Gasteiger partial charge in [-0.1, -0.05) is 12.1 Å². The molecule has 7 atom stereocenters. The highest BCUT2D eigenvalue weighted by Gasteiger charge is 2.48. The second-order valence-corrected chi connectivity index (χ2v) is 11.5. The topological polar surface area (TPSA) is 257 Å². The lowest BCUT2D eigenvalue weighted by molar-refractivity contribution is -0.384. The molecule has 258 valence electrons. The molecule has 0 heterocycles. The fraction of sp³-hybridized carbons (Fsp3) is 0.679. The average Bonchev–Trinajstić information content (AvgIpc) is 2.98. The number of nitro groups is 1. The number of carbonyl (C=O) groups excluding carboxylic acids is 3. The Bertz CT molecular complexity index is 1160. The number of nitro benzene ring substituents is 1. The molecule has 0 aromatic heterocycles. The summed E-state index contributed by atoms with van der Waals surface area (Å²) in [6, 6.07) is 1.55. The van der Waals surface area contributed by atoms with E-state index in [4.69, 9.17) is 18.9 Å². The second kappa shape index (κ2) is 18.2. The monoisotopic (exact) mass is 657 g/mol. The molecule has 18 heteroatoms. The van der Waals surface area contributed by atoms with E-state index in [1.54, 1.807) is 27.7 Å². The molecule has 0 unspecified atom stereocenters. The summed E-state index contributed by atoms with van der Waals surface area (Å²) in [4.78, 5) is 59.6. The number of non-ortho nitro benzene ring substituents is 1. The summed E-state index contributed by atoms with van der Waals surface area (Å²) in [5, 5.41) is 52.2. The Kier molecular flexibility index (Phi) is 15.2. The molecule has 3 amide bonds. The van der Waals surface area contributed by atoms with E-state index in [1.165, 1.54) is 24.3 Å². The van der Waals surface area contributed by atoms with E-state index in [0.717, 1.165) is 0 Å². The van der Waals surface area contributed by atoms with Crippen LogP contribution in [0.3, 0.4) is 0 Å². The highest BCUT2D eigenvalue weighted by atomic mass is 16.7. The van der Waals surface area contributed by atoms with E-state index in [-0.39, 0.29) is 44.7 Å². The van der Waals surface area contributed by atoms with Gasteiger partial charge < -0.3 is 50.2 Å². The minimum atomic E-state index is -1.72. The summed E-state index contributed by atoms with van der Waals surface area (Å²) < 4.78 is 21.6. The van der Waals surface area contributed by atoms with Crippen LogP contribution in [0, 0.1) is 15.0 Å². The van der Waals surface area contributed by atoms with Crippen molar-refractivity contribution in [1.29, 1.82) is 0 Å². The Hall–Kier alpha value is -3.97. The number of nitrogens with one attached hydrogen (secondary N) is 3. The quantitative estimate of drug-likeness (QED) is 0.0628. The summed E-state index contributed by atoms with van der Waals surface area (Å²) in [5.74, 6) is -0.595. The average molecular weight is 658 g/mol. The summed E-state index contributed by atoms with van der Waals surface area (Å²) in [5.41, 5.74) is -0.456. The molecule has 0 radical (unpaired) electrons. The Morgan fingerprint density at radius 3 is 2.37 bits per heavy atom. The lowest BCUT2D eigenvalue weighted by Crippen LogP contribution is -2.65. The van der Waals surface area contributed by atoms with Crippen molar-refractivity contribution in [3.8, 4) is 0 Å². The zero-order valence-electron chi connectivity index (χ0n) is 26.1. The van der Waals surface area contributed by atoms with Gasteiger partial charge in [-0.3, -0.25) is 14.9 Å². The number of aliphatic hydroxyl groups is 3. The predicted octanol–water partition coefficient (Wildman–Crippen LogP) is 0.980. The number of benzene rings is 1. The third-order valence-corrected chi connectivity index (χ3v) is 6.71. The zero-order chi connectivity index (χ0) is 34.4. The Balaban J connectivity index is 2.18. The van der Waals surface area contributed by atoms with Gasteiger partial charge in [0.05, 0.1) is 30.2 Å². The van der Waals surface area contributed by atoms with Crippen molar-refractivity contribution in [3.63, 3.8) is 0 Å². The van der Waals surface area contributed by atoms with E-state index in [1.807, 2.05) is 0 Å². The third kappa shape index (κ3) is 12.4. The normalized spacial score (nSPS) is 22.5. The molecule has 0 bridgehead atoms. The first-order valence-electron chi connectivity index (χ1n) is 14.7. The van der Waals surface area contributed by atoms with Gasteiger partial charge in [-0.25, -0.2) is 9.59 Å². The summed E-state index contributed by atoms with van der Waals surface area (Å²) in [6.07, 6.45) is -7.65. The molecule has 1 fully saturated rings. The van der Waals surface area contributed by atoms with Gasteiger partial charge in [-0.2, -0.15) is 4.91 Å². The van der Waals surface area contributed by atoms with Gasteiger partial charge >= 0.3 is 12.2 Å². The van der Waals surface area contributed by atoms with Crippen LogP contribution < -0.4 is 16.0 Å². The van der Waals surface area contributed by atoms with Crippen LogP contribution in [0.2, 0.25) is 0 Å². The van der Waals surface area contributed by atoms with Crippen molar-refractivity contribution in [2.24, 2.45) is 5.18 Å². The Morgan fingerprint density at radius 2 is 1.80 bits per heavy atom. The number of nitrogens with zero attached hydrogens (tertiary/aromatic N) is 2. The molecule has 18 nitrogen and oxygen atoms in total. The fourth-order valence-corrected chi connectivity index (χ4v) is 4.50. The lowest BCUT2D eigenvalue weighted by Gasteiger charge is -2.43. The van der Waals surface area contributed by atoms with Gasteiger partial charge in [0.25, 0.3) is 5.69 Å². The van der Waals surface area contributed by atoms with Crippen LogP contribution in [0.25, 0.3) is 0 Å². The van der Waals surface area contributed by atoms with Crippen LogP contribution in [0.15, 0.2) is 29.4 Å². The highest BCUT2D eigenvalue weighted by Crippen LogP contribution is 2.28. The number of hydrogen-bond donors (Lipinski definition) is 6. The van der Waals surface area contributed by atoms with Gasteiger partial charge in [-0.05, 0) is 51.3 Å².